The van der Waals surface area contributed by atoms with Gasteiger partial charge in [-0.25, -0.2) is 0 Å². The highest BCUT2D eigenvalue weighted by molar-refractivity contribution is 6.30. The number of methoxy groups -OCH3 is 1. The third-order valence-corrected chi connectivity index (χ3v) is 6.68. The molecule has 1 N–H and O–H groups in total. The van der Waals surface area contributed by atoms with Crippen molar-refractivity contribution in [3.05, 3.63) is 88.4 Å². The van der Waals surface area contributed by atoms with Crippen LogP contribution in [0.1, 0.15) is 27.4 Å². The molecule has 7 nitrogen and oxygen atoms in total. The Labute approximate surface area is 208 Å². The first-order valence-electron chi connectivity index (χ1n) is 11.4. The Bertz CT molecular complexity index is 1260. The highest BCUT2D eigenvalue weighted by atomic mass is 35.5. The number of fused-ring (bicyclic) bond motifs is 1. The van der Waals surface area contributed by atoms with Crippen LogP contribution < -0.4 is 19.5 Å². The number of rotatable bonds is 6. The molecule has 35 heavy (non-hydrogen) atoms. The topological polar surface area (TPSA) is 77.1 Å². The van der Waals surface area contributed by atoms with Crippen LogP contribution in [0.25, 0.3) is 0 Å². The molecule has 0 aromatic heterocycles. The Hall–Kier alpha value is -3.71. The minimum Gasteiger partial charge on any atom is -0.497 e. The third-order valence-electron chi connectivity index (χ3n) is 6.44. The minimum absolute atomic E-state index is 0.114. The van der Waals surface area contributed by atoms with Gasteiger partial charge in [-0.05, 0) is 53.6 Å². The van der Waals surface area contributed by atoms with Gasteiger partial charge in [-0.2, -0.15) is 0 Å². The van der Waals surface area contributed by atoms with Crippen molar-refractivity contribution < 1.29 is 23.8 Å². The van der Waals surface area contributed by atoms with Crippen LogP contribution in [0.5, 0.6) is 17.2 Å². The van der Waals surface area contributed by atoms with Gasteiger partial charge < -0.3 is 24.4 Å². The van der Waals surface area contributed by atoms with E-state index >= 15 is 0 Å². The number of ether oxygens (including phenoxy) is 3. The monoisotopic (exact) mass is 492 g/mol. The van der Waals surface area contributed by atoms with Gasteiger partial charge >= 0.3 is 0 Å². The number of amides is 2. The maximum absolute atomic E-state index is 13.4. The summed E-state index contributed by atoms with van der Waals surface area (Å²) < 4.78 is 16.2. The first-order chi connectivity index (χ1) is 17.0. The zero-order valence-corrected chi connectivity index (χ0v) is 20.0. The van der Waals surface area contributed by atoms with Crippen LogP contribution in [0.4, 0.5) is 0 Å². The molecule has 5 rings (SSSR count). The number of likely N-dealkylation sites (tertiary alicyclic amines) is 1. The first kappa shape index (κ1) is 23.1. The molecule has 2 atom stereocenters. The van der Waals surface area contributed by atoms with Crippen LogP contribution in [0.2, 0.25) is 5.02 Å². The fourth-order valence-corrected chi connectivity index (χ4v) is 4.81. The predicted octanol–water partition coefficient (Wildman–Crippen LogP) is 4.25. The number of nitrogens with one attached hydrogen (secondary N) is 1. The molecule has 0 radical (unpaired) electrons. The summed E-state index contributed by atoms with van der Waals surface area (Å²) in [5, 5.41) is 3.54. The molecule has 0 unspecified atom stereocenters. The van der Waals surface area contributed by atoms with E-state index in [-0.39, 0.29) is 24.5 Å². The summed E-state index contributed by atoms with van der Waals surface area (Å²) in [6, 6.07) is 20.1. The van der Waals surface area contributed by atoms with E-state index in [0.717, 1.165) is 11.1 Å². The number of benzene rings is 3. The molecular formula is C27H25ClN2O5. The van der Waals surface area contributed by atoms with Gasteiger partial charge in [0.1, 0.15) is 5.75 Å². The molecule has 2 aliphatic rings. The summed E-state index contributed by atoms with van der Waals surface area (Å²) in [6.07, 6.45) is 0. The summed E-state index contributed by atoms with van der Waals surface area (Å²) >= 11 is 6.10. The molecule has 2 amide bonds. The largest absolute Gasteiger partial charge is 0.497 e. The molecule has 2 heterocycles. The van der Waals surface area contributed by atoms with Crippen LogP contribution in [-0.2, 0) is 11.3 Å². The fraction of sp³-hybridized carbons (Fsp3) is 0.259. The van der Waals surface area contributed by atoms with E-state index in [4.69, 9.17) is 25.8 Å². The van der Waals surface area contributed by atoms with Crippen molar-refractivity contribution in [2.45, 2.75) is 12.5 Å². The lowest BCUT2D eigenvalue weighted by Gasteiger charge is -2.19. The standard InChI is InChI=1S/C27H25ClN2O5/c1-33-21-7-3-4-18(12-21)22-14-30(27(32)19-5-2-6-20(28)11-19)15-23(22)26(31)29-13-17-8-9-24-25(10-17)35-16-34-24/h2-12,22-23H,13-16H2,1H3,(H,29,31)/t22-,23+/m0/s1. The van der Waals surface area contributed by atoms with Crippen LogP contribution in [-0.4, -0.2) is 43.7 Å². The second-order valence-corrected chi connectivity index (χ2v) is 9.05. The van der Waals surface area contributed by atoms with Gasteiger partial charge in [0.25, 0.3) is 5.91 Å². The predicted molar refractivity (Wildman–Crippen MR) is 131 cm³/mol. The van der Waals surface area contributed by atoms with Crippen LogP contribution in [0.15, 0.2) is 66.7 Å². The smallest absolute Gasteiger partial charge is 0.253 e. The van der Waals surface area contributed by atoms with Crippen molar-refractivity contribution >= 4 is 23.4 Å². The van der Waals surface area contributed by atoms with E-state index in [0.29, 0.717) is 47.5 Å². The summed E-state index contributed by atoms with van der Waals surface area (Å²) in [5.74, 6) is 1.23. The quantitative estimate of drug-likeness (QED) is 0.556. The van der Waals surface area contributed by atoms with E-state index in [9.17, 15) is 9.59 Å². The molecule has 8 heteroatoms. The van der Waals surface area contributed by atoms with Gasteiger partial charge in [-0.3, -0.25) is 9.59 Å². The number of carbonyl (C=O) groups excluding carboxylic acids is 2. The first-order valence-corrected chi connectivity index (χ1v) is 11.7. The molecule has 3 aromatic carbocycles. The highest BCUT2D eigenvalue weighted by Gasteiger charge is 2.40. The molecule has 3 aromatic rings. The van der Waals surface area contributed by atoms with E-state index in [1.165, 1.54) is 0 Å². The van der Waals surface area contributed by atoms with Crippen molar-refractivity contribution in [3.8, 4) is 17.2 Å². The maximum atomic E-state index is 13.4. The van der Waals surface area contributed by atoms with Crippen LogP contribution >= 0.6 is 11.6 Å². The molecule has 180 valence electrons. The molecule has 2 aliphatic heterocycles. The fourth-order valence-electron chi connectivity index (χ4n) is 4.62. The lowest BCUT2D eigenvalue weighted by molar-refractivity contribution is -0.125. The number of hydrogen-bond donors (Lipinski definition) is 1. The second-order valence-electron chi connectivity index (χ2n) is 8.62. The lowest BCUT2D eigenvalue weighted by Crippen LogP contribution is -2.35. The van der Waals surface area contributed by atoms with Crippen LogP contribution in [0.3, 0.4) is 0 Å². The summed E-state index contributed by atoms with van der Waals surface area (Å²) in [7, 11) is 1.61. The average molecular weight is 493 g/mol. The number of carbonyl (C=O) groups is 2. The van der Waals surface area contributed by atoms with E-state index in [2.05, 4.69) is 5.32 Å². The Morgan fingerprint density at radius 3 is 2.69 bits per heavy atom. The molecule has 0 saturated carbocycles. The summed E-state index contributed by atoms with van der Waals surface area (Å²) in [4.78, 5) is 28.4. The Morgan fingerprint density at radius 2 is 1.86 bits per heavy atom. The lowest BCUT2D eigenvalue weighted by atomic mass is 9.88. The SMILES string of the molecule is COc1cccc([C@@H]2CN(C(=O)c3cccc(Cl)c3)C[C@H]2C(=O)NCc2ccc3c(c2)OCO3)c1. The molecular weight excluding hydrogens is 468 g/mol. The average Bonchev–Trinajstić information content (AvgIpc) is 3.54. The molecule has 0 bridgehead atoms. The molecule has 1 saturated heterocycles. The van der Waals surface area contributed by atoms with Gasteiger partial charge in [-0.15, -0.1) is 0 Å². The van der Waals surface area contributed by atoms with Gasteiger partial charge in [-0.1, -0.05) is 35.9 Å². The Kier molecular flexibility index (Phi) is 6.51. The maximum Gasteiger partial charge on any atom is 0.253 e. The highest BCUT2D eigenvalue weighted by Crippen LogP contribution is 2.36. The van der Waals surface area contributed by atoms with Crippen molar-refractivity contribution in [1.29, 1.82) is 0 Å². The number of hydrogen-bond acceptors (Lipinski definition) is 5. The van der Waals surface area contributed by atoms with Crippen molar-refractivity contribution in [1.82, 2.24) is 10.2 Å². The van der Waals surface area contributed by atoms with Crippen molar-refractivity contribution in [3.63, 3.8) is 0 Å². The van der Waals surface area contributed by atoms with E-state index < -0.39 is 5.92 Å². The van der Waals surface area contributed by atoms with Gasteiger partial charge in [0.2, 0.25) is 12.7 Å². The molecule has 0 aliphatic carbocycles. The normalized spacial score (nSPS) is 18.4. The van der Waals surface area contributed by atoms with Gasteiger partial charge in [0.15, 0.2) is 11.5 Å². The second kappa shape index (κ2) is 9.88. The Morgan fingerprint density at radius 1 is 1.03 bits per heavy atom. The van der Waals surface area contributed by atoms with Crippen LogP contribution in [0, 0.1) is 5.92 Å². The summed E-state index contributed by atoms with van der Waals surface area (Å²) in [5.41, 5.74) is 2.36. The van der Waals surface area contributed by atoms with Crippen molar-refractivity contribution in [2.24, 2.45) is 5.92 Å². The zero-order chi connectivity index (χ0) is 24.4. The van der Waals surface area contributed by atoms with E-state index in [1.807, 2.05) is 42.5 Å². The number of nitrogens with zero attached hydrogens (tertiary/aromatic N) is 1. The number of halogens is 1. The minimum atomic E-state index is -0.417. The Balaban J connectivity index is 1.36. The summed E-state index contributed by atoms with van der Waals surface area (Å²) in [6.45, 7) is 1.27. The van der Waals surface area contributed by atoms with Gasteiger partial charge in [0, 0.05) is 36.1 Å². The van der Waals surface area contributed by atoms with Crippen molar-refractivity contribution in [2.75, 3.05) is 27.0 Å². The molecule has 1 fully saturated rings. The van der Waals surface area contributed by atoms with E-state index in [1.54, 1.807) is 36.3 Å². The zero-order valence-electron chi connectivity index (χ0n) is 19.2. The third kappa shape index (κ3) is 4.91. The molecule has 0 spiro atoms. The van der Waals surface area contributed by atoms with Gasteiger partial charge in [0.05, 0.1) is 13.0 Å².